The van der Waals surface area contributed by atoms with Crippen LogP contribution < -0.4 is 0 Å². The predicted octanol–water partition coefficient (Wildman–Crippen LogP) is -0.772. The second-order valence-electron chi connectivity index (χ2n) is 3.61. The molecule has 0 unspecified atom stereocenters. The van der Waals surface area contributed by atoms with Gasteiger partial charge in [0, 0.05) is 20.1 Å². The third-order valence-corrected chi connectivity index (χ3v) is 2.27. The van der Waals surface area contributed by atoms with E-state index < -0.39 is 5.97 Å². The molecule has 0 fully saturated rings. The molecule has 0 saturated carbocycles. The molecule has 0 aliphatic heterocycles. The van der Waals surface area contributed by atoms with Crippen molar-refractivity contribution in [2.75, 3.05) is 26.8 Å². The number of aryl methyl sites for hydroxylation is 1. The number of rotatable bonds is 8. The van der Waals surface area contributed by atoms with Crippen molar-refractivity contribution >= 4 is 11.9 Å². The number of hydrogen-bond acceptors (Lipinski definition) is 5. The summed E-state index contributed by atoms with van der Waals surface area (Å²) in [7, 11) is 1.50. The molecule has 1 rings (SSSR count). The quantitative estimate of drug-likeness (QED) is 0.655. The zero-order valence-corrected chi connectivity index (χ0v) is 10.2. The number of nitrogens with zero attached hydrogens (tertiary/aromatic N) is 4. The number of carboxylic acid groups (broad SMARTS) is 1. The summed E-state index contributed by atoms with van der Waals surface area (Å²) in [6.45, 7) is 0.628. The van der Waals surface area contributed by atoms with Gasteiger partial charge in [0.1, 0.15) is 19.2 Å². The zero-order chi connectivity index (χ0) is 13.4. The van der Waals surface area contributed by atoms with Gasteiger partial charge in [0.05, 0.1) is 13.2 Å². The Morgan fingerprint density at radius 3 is 2.83 bits per heavy atom. The van der Waals surface area contributed by atoms with Crippen LogP contribution >= 0.6 is 0 Å². The number of methoxy groups -OCH3 is 1. The molecular formula is C10H16N4O4. The molecule has 0 radical (unpaired) electrons. The minimum absolute atomic E-state index is 0.181. The molecule has 8 heteroatoms. The fourth-order valence-electron chi connectivity index (χ4n) is 1.37. The van der Waals surface area contributed by atoms with Gasteiger partial charge in [0.15, 0.2) is 0 Å². The van der Waals surface area contributed by atoms with Gasteiger partial charge in [-0.1, -0.05) is 0 Å². The highest BCUT2D eigenvalue weighted by atomic mass is 16.5. The van der Waals surface area contributed by atoms with Crippen molar-refractivity contribution in [3.63, 3.8) is 0 Å². The molecule has 1 heterocycles. The number of aromatic nitrogens is 3. The number of ether oxygens (including phenoxy) is 1. The van der Waals surface area contributed by atoms with Crippen LogP contribution in [0.1, 0.15) is 6.42 Å². The number of carbonyl (C=O) groups excluding carboxylic acids is 1. The molecule has 0 atom stereocenters. The minimum Gasteiger partial charge on any atom is -0.480 e. The van der Waals surface area contributed by atoms with Crippen molar-refractivity contribution < 1.29 is 19.4 Å². The van der Waals surface area contributed by atoms with Crippen molar-refractivity contribution in [2.24, 2.45) is 0 Å². The van der Waals surface area contributed by atoms with Crippen LogP contribution in [0.15, 0.2) is 12.7 Å². The highest BCUT2D eigenvalue weighted by Crippen LogP contribution is 1.97. The summed E-state index contributed by atoms with van der Waals surface area (Å²) in [6.07, 6.45) is 3.06. The van der Waals surface area contributed by atoms with Crippen LogP contribution in [0.5, 0.6) is 0 Å². The predicted molar refractivity (Wildman–Crippen MR) is 60.7 cm³/mol. The average molecular weight is 256 g/mol. The number of aliphatic carboxylic acids is 1. The lowest BCUT2D eigenvalue weighted by molar-refractivity contribution is -0.145. The Balaban J connectivity index is 2.44. The smallest absolute Gasteiger partial charge is 0.323 e. The van der Waals surface area contributed by atoms with E-state index in [-0.39, 0.29) is 25.4 Å². The maximum absolute atomic E-state index is 11.8. The van der Waals surface area contributed by atoms with E-state index in [1.165, 1.54) is 29.3 Å². The molecular weight excluding hydrogens is 240 g/mol. The monoisotopic (exact) mass is 256 g/mol. The van der Waals surface area contributed by atoms with Crippen molar-refractivity contribution in [3.05, 3.63) is 12.7 Å². The maximum atomic E-state index is 11.8. The fourth-order valence-corrected chi connectivity index (χ4v) is 1.37. The van der Waals surface area contributed by atoms with E-state index in [1.54, 1.807) is 0 Å². The van der Waals surface area contributed by atoms with E-state index in [0.29, 0.717) is 13.2 Å². The van der Waals surface area contributed by atoms with E-state index in [2.05, 4.69) is 10.1 Å². The standard InChI is InChI=1S/C10H16N4O4/c1-18-5-4-13(6-10(16)17)9(15)2-3-14-8-11-7-12-14/h7-8H,2-6H2,1H3,(H,16,17). The van der Waals surface area contributed by atoms with Crippen LogP contribution in [0.4, 0.5) is 0 Å². The molecule has 8 nitrogen and oxygen atoms in total. The van der Waals surface area contributed by atoms with Gasteiger partial charge in [-0.3, -0.25) is 14.3 Å². The molecule has 1 amide bonds. The first kappa shape index (κ1) is 14.1. The maximum Gasteiger partial charge on any atom is 0.323 e. The normalized spacial score (nSPS) is 10.3. The molecule has 0 aliphatic rings. The number of hydrogen-bond donors (Lipinski definition) is 1. The molecule has 1 aromatic heterocycles. The molecule has 0 saturated heterocycles. The van der Waals surface area contributed by atoms with Gasteiger partial charge < -0.3 is 14.7 Å². The summed E-state index contributed by atoms with van der Waals surface area (Å²) in [5.74, 6) is -1.29. The summed E-state index contributed by atoms with van der Waals surface area (Å²) in [5.41, 5.74) is 0. The van der Waals surface area contributed by atoms with Crippen LogP contribution in [0.2, 0.25) is 0 Å². The first-order valence-corrected chi connectivity index (χ1v) is 5.44. The topological polar surface area (TPSA) is 97.6 Å². The molecule has 100 valence electrons. The van der Waals surface area contributed by atoms with Gasteiger partial charge in [-0.05, 0) is 0 Å². The second kappa shape index (κ2) is 7.38. The Morgan fingerprint density at radius 1 is 1.50 bits per heavy atom. The van der Waals surface area contributed by atoms with Crippen molar-refractivity contribution in [3.8, 4) is 0 Å². The third-order valence-electron chi connectivity index (χ3n) is 2.27. The largest absolute Gasteiger partial charge is 0.480 e. The molecule has 0 bridgehead atoms. The van der Waals surface area contributed by atoms with E-state index in [1.807, 2.05) is 0 Å². The second-order valence-corrected chi connectivity index (χ2v) is 3.61. The number of amides is 1. The van der Waals surface area contributed by atoms with Gasteiger partial charge in [-0.25, -0.2) is 4.98 Å². The molecule has 1 N–H and O–H groups in total. The summed E-state index contributed by atoms with van der Waals surface area (Å²) in [6, 6.07) is 0. The highest BCUT2D eigenvalue weighted by molar-refractivity contribution is 5.81. The Kier molecular flexibility index (Phi) is 5.78. The molecule has 0 spiro atoms. The van der Waals surface area contributed by atoms with E-state index in [4.69, 9.17) is 9.84 Å². The lowest BCUT2D eigenvalue weighted by Gasteiger charge is -2.20. The van der Waals surface area contributed by atoms with Crippen LogP contribution in [0.3, 0.4) is 0 Å². The average Bonchev–Trinajstić information content (AvgIpc) is 2.84. The van der Waals surface area contributed by atoms with Gasteiger partial charge in [-0.2, -0.15) is 5.10 Å². The minimum atomic E-state index is -1.04. The molecule has 1 aromatic rings. The van der Waals surface area contributed by atoms with Gasteiger partial charge in [0.2, 0.25) is 5.91 Å². The van der Waals surface area contributed by atoms with Crippen molar-refractivity contribution in [2.45, 2.75) is 13.0 Å². The Morgan fingerprint density at radius 2 is 2.28 bits per heavy atom. The van der Waals surface area contributed by atoms with E-state index in [0.717, 1.165) is 0 Å². The lowest BCUT2D eigenvalue weighted by atomic mass is 10.3. The highest BCUT2D eigenvalue weighted by Gasteiger charge is 2.16. The number of carboxylic acids is 1. The van der Waals surface area contributed by atoms with Crippen LogP contribution in [-0.4, -0.2) is 63.5 Å². The third kappa shape index (κ3) is 4.91. The van der Waals surface area contributed by atoms with E-state index >= 15 is 0 Å². The molecule has 0 aliphatic carbocycles. The Hall–Kier alpha value is -1.96. The fraction of sp³-hybridized carbons (Fsp3) is 0.600. The molecule has 18 heavy (non-hydrogen) atoms. The SMILES string of the molecule is COCCN(CC(=O)O)C(=O)CCn1cncn1. The summed E-state index contributed by atoms with van der Waals surface area (Å²) in [4.78, 5) is 27.5. The van der Waals surface area contributed by atoms with Crippen molar-refractivity contribution in [1.29, 1.82) is 0 Å². The van der Waals surface area contributed by atoms with Gasteiger partial charge in [-0.15, -0.1) is 0 Å². The Bertz CT molecular complexity index is 379. The van der Waals surface area contributed by atoms with Gasteiger partial charge in [0.25, 0.3) is 0 Å². The van der Waals surface area contributed by atoms with Crippen molar-refractivity contribution in [1.82, 2.24) is 19.7 Å². The van der Waals surface area contributed by atoms with Crippen LogP contribution in [0, 0.1) is 0 Å². The summed E-state index contributed by atoms with van der Waals surface area (Å²) in [5, 5.41) is 12.6. The zero-order valence-electron chi connectivity index (χ0n) is 10.2. The molecule has 0 aromatic carbocycles. The van der Waals surface area contributed by atoms with Crippen LogP contribution in [0.25, 0.3) is 0 Å². The van der Waals surface area contributed by atoms with Crippen LogP contribution in [-0.2, 0) is 20.9 Å². The van der Waals surface area contributed by atoms with E-state index in [9.17, 15) is 9.59 Å². The first-order valence-electron chi connectivity index (χ1n) is 5.44. The first-order chi connectivity index (χ1) is 8.63. The summed E-state index contributed by atoms with van der Waals surface area (Å²) < 4.78 is 6.36. The summed E-state index contributed by atoms with van der Waals surface area (Å²) >= 11 is 0. The Labute approximate surface area is 104 Å². The van der Waals surface area contributed by atoms with Gasteiger partial charge >= 0.3 is 5.97 Å². The number of carbonyl (C=O) groups is 2. The lowest BCUT2D eigenvalue weighted by Crippen LogP contribution is -2.38.